The molecule has 2 atom stereocenters. The predicted molar refractivity (Wildman–Crippen MR) is 92.6 cm³/mol. The maximum Gasteiger partial charge on any atom is 0.245 e. The molecule has 0 bridgehead atoms. The lowest BCUT2D eigenvalue weighted by Crippen LogP contribution is -2.41. The van der Waals surface area contributed by atoms with Crippen molar-refractivity contribution < 1.29 is 13.5 Å². The Hall–Kier alpha value is -0.910. The lowest BCUT2D eigenvalue weighted by Gasteiger charge is -2.26. The topological polar surface area (TPSA) is 57.6 Å². The molecule has 1 unspecified atom stereocenters. The van der Waals surface area contributed by atoms with Gasteiger partial charge in [0.25, 0.3) is 0 Å². The average molecular weight is 340 g/mol. The van der Waals surface area contributed by atoms with E-state index in [9.17, 15) is 13.5 Å². The summed E-state index contributed by atoms with van der Waals surface area (Å²) in [4.78, 5) is 0.278. The minimum atomic E-state index is -3.62. The highest BCUT2D eigenvalue weighted by Gasteiger charge is 2.40. The van der Waals surface area contributed by atoms with Gasteiger partial charge in [-0.3, -0.25) is 0 Å². The fourth-order valence-corrected chi connectivity index (χ4v) is 5.04. The van der Waals surface area contributed by atoms with Crippen molar-refractivity contribution in [3.8, 4) is 0 Å². The molecule has 0 saturated carbocycles. The second kappa shape index (κ2) is 8.27. The number of aliphatic hydroxyl groups excluding tert-OH is 1. The van der Waals surface area contributed by atoms with Crippen molar-refractivity contribution in [2.75, 3.05) is 0 Å². The summed E-state index contributed by atoms with van der Waals surface area (Å²) in [6.45, 7) is 4.11. The van der Waals surface area contributed by atoms with E-state index in [4.69, 9.17) is 0 Å². The van der Waals surface area contributed by atoms with Crippen LogP contribution in [0, 0.1) is 6.92 Å². The minimum Gasteiger partial charge on any atom is -0.377 e. The van der Waals surface area contributed by atoms with E-state index in [2.05, 4.69) is 6.92 Å². The standard InChI is InChI=1S/C18H29NO3S/c1-3-4-5-6-7-8-16-11-14-18(20)19(16)23(21,22)17-12-9-15(2)10-13-17/h9-10,12-13,16,18,20H,3-8,11,14H2,1-2H3/t16-,18?/m1/s1. The van der Waals surface area contributed by atoms with E-state index < -0.39 is 16.3 Å². The Morgan fingerprint density at radius 3 is 2.39 bits per heavy atom. The van der Waals surface area contributed by atoms with E-state index in [1.54, 1.807) is 24.3 Å². The molecular formula is C18H29NO3S. The quantitative estimate of drug-likeness (QED) is 0.732. The highest BCUT2D eigenvalue weighted by molar-refractivity contribution is 7.89. The molecule has 23 heavy (non-hydrogen) atoms. The molecule has 0 aliphatic carbocycles. The van der Waals surface area contributed by atoms with Crippen molar-refractivity contribution in [3.63, 3.8) is 0 Å². The van der Waals surface area contributed by atoms with Gasteiger partial charge in [0.2, 0.25) is 10.0 Å². The molecule has 0 spiro atoms. The van der Waals surface area contributed by atoms with Crippen LogP contribution in [0.4, 0.5) is 0 Å². The van der Waals surface area contributed by atoms with Crippen LogP contribution in [-0.4, -0.2) is 30.1 Å². The molecular weight excluding hydrogens is 310 g/mol. The van der Waals surface area contributed by atoms with Gasteiger partial charge in [-0.1, -0.05) is 56.7 Å². The SMILES string of the molecule is CCCCCCC[C@@H]1CCC(O)N1S(=O)(=O)c1ccc(C)cc1. The van der Waals surface area contributed by atoms with E-state index in [1.807, 2.05) is 6.92 Å². The Balaban J connectivity index is 2.06. The van der Waals surface area contributed by atoms with Crippen LogP contribution in [0.3, 0.4) is 0 Å². The largest absolute Gasteiger partial charge is 0.377 e. The molecule has 1 aromatic rings. The number of hydrogen-bond donors (Lipinski definition) is 1. The molecule has 1 heterocycles. The van der Waals surface area contributed by atoms with Gasteiger partial charge in [-0.15, -0.1) is 0 Å². The number of aliphatic hydroxyl groups is 1. The van der Waals surface area contributed by atoms with Gasteiger partial charge in [-0.05, 0) is 38.3 Å². The fraction of sp³-hybridized carbons (Fsp3) is 0.667. The molecule has 1 aliphatic heterocycles. The van der Waals surface area contributed by atoms with E-state index in [1.165, 1.54) is 23.6 Å². The predicted octanol–water partition coefficient (Wildman–Crippen LogP) is 3.83. The Morgan fingerprint density at radius 1 is 1.09 bits per heavy atom. The summed E-state index contributed by atoms with van der Waals surface area (Å²) in [6.07, 6.45) is 7.04. The van der Waals surface area contributed by atoms with Crippen molar-refractivity contribution in [3.05, 3.63) is 29.8 Å². The van der Waals surface area contributed by atoms with Gasteiger partial charge in [0.15, 0.2) is 0 Å². The number of hydrogen-bond acceptors (Lipinski definition) is 3. The van der Waals surface area contributed by atoms with Crippen LogP contribution in [-0.2, 0) is 10.0 Å². The lowest BCUT2D eigenvalue weighted by atomic mass is 10.1. The third-order valence-corrected chi connectivity index (χ3v) is 6.61. The van der Waals surface area contributed by atoms with Gasteiger partial charge < -0.3 is 5.11 Å². The van der Waals surface area contributed by atoms with Crippen LogP contribution in [0.5, 0.6) is 0 Å². The maximum atomic E-state index is 12.9. The van der Waals surface area contributed by atoms with Crippen LogP contribution < -0.4 is 0 Å². The van der Waals surface area contributed by atoms with Gasteiger partial charge in [0.05, 0.1) is 4.90 Å². The maximum absolute atomic E-state index is 12.9. The van der Waals surface area contributed by atoms with Crippen LogP contribution in [0.25, 0.3) is 0 Å². The highest BCUT2D eigenvalue weighted by atomic mass is 32.2. The Morgan fingerprint density at radius 2 is 1.74 bits per heavy atom. The van der Waals surface area contributed by atoms with E-state index in [0.29, 0.717) is 6.42 Å². The summed E-state index contributed by atoms with van der Waals surface area (Å²) < 4.78 is 27.1. The Kier molecular flexibility index (Phi) is 6.62. The zero-order valence-electron chi connectivity index (χ0n) is 14.2. The fourth-order valence-electron chi connectivity index (χ4n) is 3.28. The van der Waals surface area contributed by atoms with Crippen LogP contribution in [0.2, 0.25) is 0 Å². The molecule has 1 aliphatic rings. The highest BCUT2D eigenvalue weighted by Crippen LogP contribution is 2.32. The van der Waals surface area contributed by atoms with Crippen LogP contribution >= 0.6 is 0 Å². The van der Waals surface area contributed by atoms with Crippen LogP contribution in [0.1, 0.15) is 63.9 Å². The summed E-state index contributed by atoms with van der Waals surface area (Å²) in [5, 5.41) is 10.2. The second-order valence-electron chi connectivity index (χ2n) is 6.56. The molecule has 1 aromatic carbocycles. The Labute approximate surface area is 140 Å². The molecule has 0 amide bonds. The van der Waals surface area contributed by atoms with Gasteiger partial charge in [-0.2, -0.15) is 4.31 Å². The summed E-state index contributed by atoms with van der Waals surface area (Å²) in [7, 11) is -3.62. The number of sulfonamides is 1. The van der Waals surface area contributed by atoms with Gasteiger partial charge in [0, 0.05) is 6.04 Å². The summed E-state index contributed by atoms with van der Waals surface area (Å²) in [5.74, 6) is 0. The zero-order chi connectivity index (χ0) is 16.9. The first-order valence-corrected chi connectivity index (χ1v) is 10.2. The third kappa shape index (κ3) is 4.55. The lowest BCUT2D eigenvalue weighted by molar-refractivity contribution is 0.0780. The molecule has 0 radical (unpaired) electrons. The average Bonchev–Trinajstić information content (AvgIpc) is 2.89. The third-order valence-electron chi connectivity index (χ3n) is 4.65. The normalized spacial score (nSPS) is 22.6. The second-order valence-corrected chi connectivity index (χ2v) is 8.41. The smallest absolute Gasteiger partial charge is 0.245 e. The first kappa shape index (κ1) is 18.4. The molecule has 5 heteroatoms. The monoisotopic (exact) mass is 339 g/mol. The minimum absolute atomic E-state index is 0.0714. The molecule has 4 nitrogen and oxygen atoms in total. The number of rotatable bonds is 8. The molecule has 130 valence electrons. The van der Waals surface area contributed by atoms with E-state index in [0.717, 1.165) is 31.2 Å². The summed E-state index contributed by atoms with van der Waals surface area (Å²) in [6, 6.07) is 6.80. The van der Waals surface area contributed by atoms with Crippen LogP contribution in [0.15, 0.2) is 29.2 Å². The van der Waals surface area contributed by atoms with Gasteiger partial charge >= 0.3 is 0 Å². The molecule has 1 N–H and O–H groups in total. The summed E-state index contributed by atoms with van der Waals surface area (Å²) >= 11 is 0. The van der Waals surface area contributed by atoms with Crippen molar-refractivity contribution in [1.29, 1.82) is 0 Å². The van der Waals surface area contributed by atoms with Crippen molar-refractivity contribution in [1.82, 2.24) is 4.31 Å². The van der Waals surface area contributed by atoms with Crippen molar-refractivity contribution in [2.24, 2.45) is 0 Å². The number of nitrogens with zero attached hydrogens (tertiary/aromatic N) is 1. The molecule has 2 rings (SSSR count). The molecule has 1 fully saturated rings. The van der Waals surface area contributed by atoms with Gasteiger partial charge in [0.1, 0.15) is 6.23 Å². The van der Waals surface area contributed by atoms with Crippen molar-refractivity contribution >= 4 is 10.0 Å². The molecule has 1 saturated heterocycles. The molecule has 0 aromatic heterocycles. The number of benzene rings is 1. The first-order valence-electron chi connectivity index (χ1n) is 8.75. The summed E-state index contributed by atoms with van der Waals surface area (Å²) in [5.41, 5.74) is 1.03. The van der Waals surface area contributed by atoms with Gasteiger partial charge in [-0.25, -0.2) is 8.42 Å². The van der Waals surface area contributed by atoms with E-state index >= 15 is 0 Å². The number of aryl methyl sites for hydroxylation is 1. The van der Waals surface area contributed by atoms with Crippen molar-refractivity contribution in [2.45, 2.75) is 82.4 Å². The zero-order valence-corrected chi connectivity index (χ0v) is 15.1. The number of unbranched alkanes of at least 4 members (excludes halogenated alkanes) is 4. The Bertz CT molecular complexity index is 583. The first-order chi connectivity index (χ1) is 11.0. The van der Waals surface area contributed by atoms with E-state index in [-0.39, 0.29) is 10.9 Å².